The van der Waals surface area contributed by atoms with Crippen molar-refractivity contribution in [2.24, 2.45) is 5.84 Å². The molecule has 0 bridgehead atoms. The van der Waals surface area contributed by atoms with Gasteiger partial charge in [0.25, 0.3) is 0 Å². The van der Waals surface area contributed by atoms with Gasteiger partial charge in [0.2, 0.25) is 0 Å². The van der Waals surface area contributed by atoms with Crippen LogP contribution in [0.25, 0.3) is 0 Å². The number of hydrogen-bond donors (Lipinski definition) is 2. The van der Waals surface area contributed by atoms with Crippen molar-refractivity contribution in [1.29, 1.82) is 0 Å². The number of hydrogen-bond acceptors (Lipinski definition) is 4. The Balaban J connectivity index is 2.30. The molecule has 0 saturated heterocycles. The van der Waals surface area contributed by atoms with Crippen LogP contribution >= 0.6 is 15.9 Å². The molecule has 5 nitrogen and oxygen atoms in total. The molecule has 1 aromatic heterocycles. The first kappa shape index (κ1) is 14.1. The lowest BCUT2D eigenvalue weighted by atomic mass is 10.0. The molecule has 0 aliphatic heterocycles. The maximum Gasteiger partial charge on any atom is 0.138 e. The van der Waals surface area contributed by atoms with E-state index in [9.17, 15) is 4.39 Å². The van der Waals surface area contributed by atoms with Gasteiger partial charge in [-0.1, -0.05) is 22.0 Å². The van der Waals surface area contributed by atoms with Gasteiger partial charge in [0, 0.05) is 23.0 Å². The average molecular weight is 328 g/mol. The van der Waals surface area contributed by atoms with E-state index in [0.29, 0.717) is 23.0 Å². The van der Waals surface area contributed by atoms with Crippen LogP contribution in [0.1, 0.15) is 24.4 Å². The molecule has 0 saturated carbocycles. The Bertz CT molecular complexity index is 537. The molecule has 1 aromatic carbocycles. The lowest BCUT2D eigenvalue weighted by Crippen LogP contribution is -2.31. The van der Waals surface area contributed by atoms with Crippen molar-refractivity contribution in [2.75, 3.05) is 0 Å². The summed E-state index contributed by atoms with van der Waals surface area (Å²) in [6.07, 6.45) is 1.95. The minimum Gasteiger partial charge on any atom is -0.271 e. The fourth-order valence-corrected chi connectivity index (χ4v) is 2.60. The van der Waals surface area contributed by atoms with Crippen LogP contribution in [0.3, 0.4) is 0 Å². The van der Waals surface area contributed by atoms with Crippen LogP contribution in [0.4, 0.5) is 4.39 Å². The Morgan fingerprint density at radius 1 is 1.53 bits per heavy atom. The molecule has 0 spiro atoms. The zero-order chi connectivity index (χ0) is 13.8. The van der Waals surface area contributed by atoms with Crippen LogP contribution in [-0.2, 0) is 13.0 Å². The third kappa shape index (κ3) is 2.99. The summed E-state index contributed by atoms with van der Waals surface area (Å²) in [4.78, 5) is 4.18. The van der Waals surface area contributed by atoms with Crippen molar-refractivity contribution in [1.82, 2.24) is 20.2 Å². The number of aryl methyl sites for hydroxylation is 1. The summed E-state index contributed by atoms with van der Waals surface area (Å²) in [5, 5.41) is 4.09. The number of nitrogens with zero attached hydrogens (tertiary/aromatic N) is 3. The van der Waals surface area contributed by atoms with Crippen molar-refractivity contribution in [3.8, 4) is 0 Å². The van der Waals surface area contributed by atoms with Gasteiger partial charge in [0.05, 0.1) is 6.04 Å². The van der Waals surface area contributed by atoms with Crippen LogP contribution in [0, 0.1) is 5.82 Å². The predicted molar refractivity (Wildman–Crippen MR) is 73.6 cm³/mol. The van der Waals surface area contributed by atoms with E-state index in [1.807, 2.05) is 6.92 Å². The van der Waals surface area contributed by atoms with E-state index in [-0.39, 0.29) is 11.9 Å². The smallest absolute Gasteiger partial charge is 0.138 e. The molecular weight excluding hydrogens is 313 g/mol. The summed E-state index contributed by atoms with van der Waals surface area (Å²) in [5.74, 6) is 6.01. The zero-order valence-electron chi connectivity index (χ0n) is 10.5. The van der Waals surface area contributed by atoms with E-state index in [2.05, 4.69) is 31.4 Å². The molecule has 3 N–H and O–H groups in total. The van der Waals surface area contributed by atoms with Gasteiger partial charge >= 0.3 is 0 Å². The number of rotatable bonds is 5. The molecule has 2 aromatic rings. The highest BCUT2D eigenvalue weighted by Crippen LogP contribution is 2.27. The molecule has 1 heterocycles. The third-order valence-corrected chi connectivity index (χ3v) is 3.62. The van der Waals surface area contributed by atoms with Crippen molar-refractivity contribution in [3.63, 3.8) is 0 Å². The van der Waals surface area contributed by atoms with Gasteiger partial charge in [-0.05, 0) is 19.1 Å². The molecule has 102 valence electrons. The quantitative estimate of drug-likeness (QED) is 0.650. The number of benzene rings is 1. The molecule has 19 heavy (non-hydrogen) atoms. The lowest BCUT2D eigenvalue weighted by molar-refractivity contribution is 0.483. The minimum absolute atomic E-state index is 0.306. The highest BCUT2D eigenvalue weighted by Gasteiger charge is 2.20. The van der Waals surface area contributed by atoms with Crippen molar-refractivity contribution < 1.29 is 4.39 Å². The average Bonchev–Trinajstić information content (AvgIpc) is 2.84. The molecule has 0 radical (unpaired) electrons. The zero-order valence-corrected chi connectivity index (χ0v) is 12.1. The van der Waals surface area contributed by atoms with Crippen molar-refractivity contribution in [3.05, 3.63) is 46.2 Å². The van der Waals surface area contributed by atoms with E-state index < -0.39 is 0 Å². The SMILES string of the molecule is CCn1ncnc1CC(NN)c1c(F)cccc1Br. The maximum atomic E-state index is 13.9. The summed E-state index contributed by atoms with van der Waals surface area (Å²) >= 11 is 3.35. The predicted octanol–water partition coefficient (Wildman–Crippen LogP) is 1.95. The van der Waals surface area contributed by atoms with Gasteiger partial charge in [0.1, 0.15) is 18.0 Å². The normalized spacial score (nSPS) is 12.6. The third-order valence-electron chi connectivity index (χ3n) is 2.93. The topological polar surface area (TPSA) is 68.8 Å². The van der Waals surface area contributed by atoms with E-state index in [0.717, 1.165) is 5.82 Å². The largest absolute Gasteiger partial charge is 0.271 e. The van der Waals surface area contributed by atoms with E-state index in [4.69, 9.17) is 5.84 Å². The Hall–Kier alpha value is -1.31. The van der Waals surface area contributed by atoms with Crippen LogP contribution in [0.5, 0.6) is 0 Å². The van der Waals surface area contributed by atoms with Gasteiger partial charge in [-0.15, -0.1) is 0 Å². The Kier molecular flexibility index (Phi) is 4.62. The monoisotopic (exact) mass is 327 g/mol. The molecular formula is C12H15BrFN5. The second-order valence-corrected chi connectivity index (χ2v) is 4.91. The Morgan fingerprint density at radius 3 is 2.95 bits per heavy atom. The van der Waals surface area contributed by atoms with Crippen LogP contribution in [0.15, 0.2) is 29.0 Å². The van der Waals surface area contributed by atoms with E-state index >= 15 is 0 Å². The van der Waals surface area contributed by atoms with Crippen LogP contribution in [0.2, 0.25) is 0 Å². The summed E-state index contributed by atoms with van der Waals surface area (Å²) in [7, 11) is 0. The molecule has 0 aliphatic rings. The number of nitrogens with two attached hydrogens (primary N) is 1. The summed E-state index contributed by atoms with van der Waals surface area (Å²) < 4.78 is 16.4. The van der Waals surface area contributed by atoms with Crippen molar-refractivity contribution in [2.45, 2.75) is 25.9 Å². The molecule has 0 fully saturated rings. The lowest BCUT2D eigenvalue weighted by Gasteiger charge is -2.18. The molecule has 7 heteroatoms. The molecule has 1 atom stereocenters. The number of aromatic nitrogens is 3. The molecule has 0 amide bonds. The summed E-state index contributed by atoms with van der Waals surface area (Å²) in [6, 6.07) is 4.47. The number of hydrazine groups is 1. The van der Waals surface area contributed by atoms with E-state index in [1.165, 1.54) is 12.4 Å². The first-order valence-electron chi connectivity index (χ1n) is 5.94. The molecule has 0 aliphatic carbocycles. The summed E-state index contributed by atoms with van der Waals surface area (Å²) in [5.41, 5.74) is 3.13. The standard InChI is InChI=1S/C12H15BrFN5/c1-2-19-11(16-7-17-19)6-10(18-15)12-8(13)4-3-5-9(12)14/h3-5,7,10,18H,2,6,15H2,1H3. The van der Waals surface area contributed by atoms with Gasteiger partial charge in [-0.25, -0.2) is 9.37 Å². The maximum absolute atomic E-state index is 13.9. The molecule has 1 unspecified atom stereocenters. The van der Waals surface area contributed by atoms with Crippen molar-refractivity contribution >= 4 is 15.9 Å². The minimum atomic E-state index is -0.370. The first-order chi connectivity index (χ1) is 9.17. The van der Waals surface area contributed by atoms with Crippen LogP contribution < -0.4 is 11.3 Å². The van der Waals surface area contributed by atoms with Gasteiger partial charge in [-0.2, -0.15) is 5.10 Å². The highest BCUT2D eigenvalue weighted by atomic mass is 79.9. The first-order valence-corrected chi connectivity index (χ1v) is 6.73. The van der Waals surface area contributed by atoms with Gasteiger partial charge in [-0.3, -0.25) is 16.0 Å². The second-order valence-electron chi connectivity index (χ2n) is 4.05. The molecule has 2 rings (SSSR count). The Morgan fingerprint density at radius 2 is 2.32 bits per heavy atom. The van der Waals surface area contributed by atoms with Crippen LogP contribution in [-0.4, -0.2) is 14.8 Å². The summed E-state index contributed by atoms with van der Waals surface area (Å²) in [6.45, 7) is 2.69. The second kappa shape index (κ2) is 6.23. The number of halogens is 2. The van der Waals surface area contributed by atoms with E-state index in [1.54, 1.807) is 16.8 Å². The Labute approximate surface area is 119 Å². The van der Waals surface area contributed by atoms with Gasteiger partial charge in [0.15, 0.2) is 0 Å². The fraction of sp³-hybridized carbons (Fsp3) is 0.333. The highest BCUT2D eigenvalue weighted by molar-refractivity contribution is 9.10. The fourth-order valence-electron chi connectivity index (χ4n) is 1.98. The van der Waals surface area contributed by atoms with Gasteiger partial charge < -0.3 is 0 Å². The number of nitrogens with one attached hydrogen (secondary N) is 1.